The van der Waals surface area contributed by atoms with Crippen LogP contribution in [0.3, 0.4) is 0 Å². The molecule has 0 aliphatic rings. The number of guanidine groups is 1. The molecule has 0 aliphatic carbocycles. The summed E-state index contributed by atoms with van der Waals surface area (Å²) >= 11 is 0. The lowest BCUT2D eigenvalue weighted by Crippen LogP contribution is -2.42. The fourth-order valence-electron chi connectivity index (χ4n) is 2.11. The van der Waals surface area contributed by atoms with Crippen LogP contribution in [0.25, 0.3) is 0 Å². The molecule has 0 heterocycles. The largest absolute Gasteiger partial charge is 0.356 e. The second-order valence-electron chi connectivity index (χ2n) is 4.79. The summed E-state index contributed by atoms with van der Waals surface area (Å²) in [6, 6.07) is 6.87. The summed E-state index contributed by atoms with van der Waals surface area (Å²) in [4.78, 5) is 6.52. The van der Waals surface area contributed by atoms with Crippen molar-refractivity contribution in [1.82, 2.24) is 15.5 Å². The van der Waals surface area contributed by atoms with E-state index < -0.39 is 0 Å². The Kier molecular flexibility index (Phi) is 8.43. The van der Waals surface area contributed by atoms with Gasteiger partial charge in [0.15, 0.2) is 5.96 Å². The first-order valence-corrected chi connectivity index (χ1v) is 7.61. The molecule has 2 N–H and O–H groups in total. The van der Waals surface area contributed by atoms with E-state index in [0.29, 0.717) is 13.0 Å². The van der Waals surface area contributed by atoms with Gasteiger partial charge in [-0.1, -0.05) is 32.0 Å². The van der Waals surface area contributed by atoms with Gasteiger partial charge in [-0.2, -0.15) is 0 Å². The molecule has 0 atom stereocenters. The highest BCUT2D eigenvalue weighted by Crippen LogP contribution is 2.05. The zero-order valence-electron chi connectivity index (χ0n) is 13.3. The van der Waals surface area contributed by atoms with E-state index in [2.05, 4.69) is 34.4 Å². The predicted octanol–water partition coefficient (Wildman–Crippen LogP) is 1.88. The SMILES string of the molecule is CCN(CC)CCNC(=NC)NCCc1ccccc1F. The van der Waals surface area contributed by atoms with Crippen LogP contribution in [0.5, 0.6) is 0 Å². The van der Waals surface area contributed by atoms with Crippen molar-refractivity contribution in [3.05, 3.63) is 35.6 Å². The van der Waals surface area contributed by atoms with Crippen LogP contribution in [0.1, 0.15) is 19.4 Å². The van der Waals surface area contributed by atoms with Crippen molar-refractivity contribution in [3.63, 3.8) is 0 Å². The molecule has 1 aromatic rings. The number of benzene rings is 1. The van der Waals surface area contributed by atoms with Gasteiger partial charge in [0, 0.05) is 26.7 Å². The van der Waals surface area contributed by atoms with E-state index in [4.69, 9.17) is 0 Å². The molecule has 1 aromatic carbocycles. The van der Waals surface area contributed by atoms with Crippen molar-refractivity contribution in [2.45, 2.75) is 20.3 Å². The summed E-state index contributed by atoms with van der Waals surface area (Å²) in [5.74, 6) is 0.613. The van der Waals surface area contributed by atoms with Gasteiger partial charge < -0.3 is 15.5 Å². The summed E-state index contributed by atoms with van der Waals surface area (Å²) in [6.07, 6.45) is 0.642. The topological polar surface area (TPSA) is 39.7 Å². The minimum atomic E-state index is -0.149. The second-order valence-corrected chi connectivity index (χ2v) is 4.79. The molecule has 0 aromatic heterocycles. The molecule has 0 saturated heterocycles. The Labute approximate surface area is 127 Å². The highest BCUT2D eigenvalue weighted by molar-refractivity contribution is 5.79. The van der Waals surface area contributed by atoms with Gasteiger partial charge in [0.25, 0.3) is 0 Å². The normalized spacial score (nSPS) is 11.8. The maximum absolute atomic E-state index is 13.5. The number of hydrogen-bond donors (Lipinski definition) is 2. The van der Waals surface area contributed by atoms with Gasteiger partial charge in [-0.15, -0.1) is 0 Å². The lowest BCUT2D eigenvalue weighted by molar-refractivity contribution is 0.308. The van der Waals surface area contributed by atoms with Crippen LogP contribution >= 0.6 is 0 Å². The maximum Gasteiger partial charge on any atom is 0.191 e. The van der Waals surface area contributed by atoms with E-state index in [1.165, 1.54) is 6.07 Å². The van der Waals surface area contributed by atoms with Crippen molar-refractivity contribution < 1.29 is 4.39 Å². The third kappa shape index (κ3) is 6.58. The third-order valence-corrected chi connectivity index (χ3v) is 3.48. The Bertz CT molecular complexity index is 430. The number of nitrogens with one attached hydrogen (secondary N) is 2. The second kappa shape index (κ2) is 10.2. The maximum atomic E-state index is 13.5. The van der Waals surface area contributed by atoms with E-state index in [1.807, 2.05) is 12.1 Å². The first-order valence-electron chi connectivity index (χ1n) is 7.61. The molecule has 0 fully saturated rings. The van der Waals surface area contributed by atoms with Gasteiger partial charge in [0.1, 0.15) is 5.82 Å². The molecular formula is C16H27FN4. The molecule has 4 nitrogen and oxygen atoms in total. The monoisotopic (exact) mass is 294 g/mol. The molecule has 0 unspecified atom stereocenters. The number of likely N-dealkylation sites (N-methyl/N-ethyl adjacent to an activating group) is 1. The molecular weight excluding hydrogens is 267 g/mol. The highest BCUT2D eigenvalue weighted by Gasteiger charge is 2.02. The van der Waals surface area contributed by atoms with Gasteiger partial charge in [-0.05, 0) is 31.1 Å². The standard InChI is InChI=1S/C16H27FN4/c1-4-21(5-2)13-12-20-16(18-3)19-11-10-14-8-6-7-9-15(14)17/h6-9H,4-5,10-13H2,1-3H3,(H2,18,19,20). The molecule has 0 spiro atoms. The van der Waals surface area contributed by atoms with Gasteiger partial charge in [0.2, 0.25) is 0 Å². The minimum absolute atomic E-state index is 0.149. The van der Waals surface area contributed by atoms with Crippen molar-refractivity contribution in [2.75, 3.05) is 39.8 Å². The third-order valence-electron chi connectivity index (χ3n) is 3.48. The molecule has 1 rings (SSSR count). The first-order chi connectivity index (χ1) is 10.2. The Morgan fingerprint density at radius 1 is 1.14 bits per heavy atom. The Morgan fingerprint density at radius 2 is 1.81 bits per heavy atom. The Morgan fingerprint density at radius 3 is 2.43 bits per heavy atom. The van der Waals surface area contributed by atoms with E-state index in [9.17, 15) is 4.39 Å². The minimum Gasteiger partial charge on any atom is -0.356 e. The van der Waals surface area contributed by atoms with Crippen LogP contribution in [0.15, 0.2) is 29.3 Å². The van der Waals surface area contributed by atoms with E-state index in [0.717, 1.165) is 37.7 Å². The zero-order chi connectivity index (χ0) is 15.5. The Balaban J connectivity index is 2.27. The molecule has 21 heavy (non-hydrogen) atoms. The van der Waals surface area contributed by atoms with Crippen LogP contribution in [0.4, 0.5) is 4.39 Å². The number of nitrogens with zero attached hydrogens (tertiary/aromatic N) is 2. The lowest BCUT2D eigenvalue weighted by Gasteiger charge is -2.19. The van der Waals surface area contributed by atoms with Gasteiger partial charge in [-0.25, -0.2) is 4.39 Å². The average molecular weight is 294 g/mol. The van der Waals surface area contributed by atoms with Gasteiger partial charge in [0.05, 0.1) is 0 Å². The fourth-order valence-corrected chi connectivity index (χ4v) is 2.11. The van der Waals surface area contributed by atoms with E-state index >= 15 is 0 Å². The smallest absolute Gasteiger partial charge is 0.191 e. The average Bonchev–Trinajstić information content (AvgIpc) is 2.51. The summed E-state index contributed by atoms with van der Waals surface area (Å²) < 4.78 is 13.5. The predicted molar refractivity (Wildman–Crippen MR) is 87.3 cm³/mol. The van der Waals surface area contributed by atoms with Crippen molar-refractivity contribution >= 4 is 5.96 Å². The van der Waals surface area contributed by atoms with Crippen molar-refractivity contribution in [3.8, 4) is 0 Å². The zero-order valence-corrected chi connectivity index (χ0v) is 13.3. The highest BCUT2D eigenvalue weighted by atomic mass is 19.1. The number of hydrogen-bond acceptors (Lipinski definition) is 2. The summed E-state index contributed by atoms with van der Waals surface area (Å²) in [5, 5.41) is 6.48. The van der Waals surface area contributed by atoms with Crippen molar-refractivity contribution in [2.24, 2.45) is 4.99 Å². The molecule has 0 radical (unpaired) electrons. The molecule has 0 saturated carbocycles. The summed E-state index contributed by atoms with van der Waals surface area (Å²) in [6.45, 7) is 8.92. The van der Waals surface area contributed by atoms with Crippen molar-refractivity contribution in [1.29, 1.82) is 0 Å². The van der Waals surface area contributed by atoms with Crippen LogP contribution in [-0.4, -0.2) is 50.6 Å². The number of aliphatic imine (C=N–C) groups is 1. The van der Waals surface area contributed by atoms with Crippen LogP contribution < -0.4 is 10.6 Å². The van der Waals surface area contributed by atoms with Gasteiger partial charge in [-0.3, -0.25) is 4.99 Å². The quantitative estimate of drug-likeness (QED) is 0.568. The molecule has 0 amide bonds. The molecule has 0 bridgehead atoms. The molecule has 118 valence electrons. The summed E-state index contributed by atoms with van der Waals surface area (Å²) in [5.41, 5.74) is 0.726. The van der Waals surface area contributed by atoms with Crippen LogP contribution in [-0.2, 0) is 6.42 Å². The van der Waals surface area contributed by atoms with E-state index in [1.54, 1.807) is 13.1 Å². The van der Waals surface area contributed by atoms with E-state index in [-0.39, 0.29) is 5.82 Å². The lowest BCUT2D eigenvalue weighted by atomic mass is 10.1. The van der Waals surface area contributed by atoms with Crippen LogP contribution in [0, 0.1) is 5.82 Å². The number of halogens is 1. The molecule has 0 aliphatic heterocycles. The first kappa shape index (κ1) is 17.4. The fraction of sp³-hybridized carbons (Fsp3) is 0.562. The summed E-state index contributed by atoms with van der Waals surface area (Å²) in [7, 11) is 1.75. The molecule has 5 heteroatoms. The van der Waals surface area contributed by atoms with Gasteiger partial charge >= 0.3 is 0 Å². The van der Waals surface area contributed by atoms with Crippen LogP contribution in [0.2, 0.25) is 0 Å². The Hall–Kier alpha value is -1.62. The number of rotatable bonds is 8.